The summed E-state index contributed by atoms with van der Waals surface area (Å²) in [7, 11) is 0. The molecule has 0 saturated carbocycles. The highest BCUT2D eigenvalue weighted by Crippen LogP contribution is 2.26. The molecule has 0 N–H and O–H groups in total. The van der Waals surface area contributed by atoms with Crippen LogP contribution >= 0.6 is 11.6 Å². The second-order valence-electron chi connectivity index (χ2n) is 3.85. The first-order chi connectivity index (χ1) is 6.66. The molecule has 1 saturated heterocycles. The third kappa shape index (κ3) is 1.82. The van der Waals surface area contributed by atoms with E-state index in [-0.39, 0.29) is 5.38 Å². The van der Waals surface area contributed by atoms with E-state index in [1.54, 1.807) is 6.33 Å². The summed E-state index contributed by atoms with van der Waals surface area (Å²) in [5.74, 6) is 0.994. The van der Waals surface area contributed by atoms with Crippen molar-refractivity contribution in [1.82, 2.24) is 9.97 Å². The molecule has 0 aromatic carbocycles. The Bertz CT molecular complexity index is 329. The number of rotatable bonds is 1. The van der Waals surface area contributed by atoms with Crippen molar-refractivity contribution >= 4 is 17.4 Å². The molecule has 0 bridgehead atoms. The molecule has 2 heterocycles. The van der Waals surface area contributed by atoms with Gasteiger partial charge in [0, 0.05) is 24.3 Å². The summed E-state index contributed by atoms with van der Waals surface area (Å²) in [4.78, 5) is 10.6. The van der Waals surface area contributed by atoms with E-state index in [1.807, 2.05) is 13.0 Å². The number of aromatic nitrogens is 2. The second-order valence-corrected chi connectivity index (χ2v) is 4.47. The Labute approximate surface area is 89.1 Å². The first-order valence-electron chi connectivity index (χ1n) is 4.86. The molecule has 0 radical (unpaired) electrons. The fourth-order valence-corrected chi connectivity index (χ4v) is 2.29. The molecule has 1 aliphatic heterocycles. The summed E-state index contributed by atoms with van der Waals surface area (Å²) in [5.41, 5.74) is 1.00. The van der Waals surface area contributed by atoms with E-state index in [0.717, 1.165) is 24.5 Å². The molecule has 1 aliphatic rings. The van der Waals surface area contributed by atoms with Crippen molar-refractivity contribution in [3.05, 3.63) is 18.1 Å². The van der Waals surface area contributed by atoms with E-state index in [2.05, 4.69) is 21.8 Å². The van der Waals surface area contributed by atoms with Crippen molar-refractivity contribution in [2.24, 2.45) is 0 Å². The van der Waals surface area contributed by atoms with Gasteiger partial charge in [-0.05, 0) is 20.3 Å². The normalized spacial score (nSPS) is 26.9. The van der Waals surface area contributed by atoms with Crippen LogP contribution in [0, 0.1) is 6.92 Å². The quantitative estimate of drug-likeness (QED) is 0.666. The molecule has 1 aromatic heterocycles. The highest BCUT2D eigenvalue weighted by atomic mass is 35.5. The Morgan fingerprint density at radius 2 is 2.29 bits per heavy atom. The molecule has 76 valence electrons. The first kappa shape index (κ1) is 9.71. The van der Waals surface area contributed by atoms with Crippen LogP contribution in [0.4, 0.5) is 5.82 Å². The van der Waals surface area contributed by atoms with Crippen molar-refractivity contribution < 1.29 is 0 Å². The minimum absolute atomic E-state index is 0.250. The number of aryl methyl sites for hydroxylation is 1. The smallest absolute Gasteiger partial charge is 0.132 e. The molecule has 0 aliphatic carbocycles. The van der Waals surface area contributed by atoms with Gasteiger partial charge < -0.3 is 4.90 Å². The van der Waals surface area contributed by atoms with Crippen LogP contribution in [-0.4, -0.2) is 27.9 Å². The van der Waals surface area contributed by atoms with E-state index in [9.17, 15) is 0 Å². The van der Waals surface area contributed by atoms with Gasteiger partial charge in [-0.3, -0.25) is 0 Å². The van der Waals surface area contributed by atoms with Gasteiger partial charge in [0.1, 0.15) is 12.1 Å². The minimum atomic E-state index is 0.250. The maximum absolute atomic E-state index is 6.11. The fourth-order valence-electron chi connectivity index (χ4n) is 1.88. The van der Waals surface area contributed by atoms with Crippen LogP contribution in [-0.2, 0) is 0 Å². The standard InChI is InChI=1S/C10H14ClN3/c1-7-3-10(13-6-12-7)14-5-9(11)4-8(14)2/h3,6,8-9H,4-5H2,1-2H3. The molecule has 4 heteroatoms. The summed E-state index contributed by atoms with van der Waals surface area (Å²) in [5, 5.41) is 0.250. The number of alkyl halides is 1. The Hall–Kier alpha value is -0.830. The zero-order chi connectivity index (χ0) is 10.1. The Morgan fingerprint density at radius 1 is 1.50 bits per heavy atom. The van der Waals surface area contributed by atoms with Gasteiger partial charge in [-0.25, -0.2) is 9.97 Å². The van der Waals surface area contributed by atoms with Crippen LogP contribution in [0.15, 0.2) is 12.4 Å². The van der Waals surface area contributed by atoms with Crippen LogP contribution in [0.2, 0.25) is 0 Å². The van der Waals surface area contributed by atoms with Gasteiger partial charge in [-0.1, -0.05) is 0 Å². The SMILES string of the molecule is Cc1cc(N2CC(Cl)CC2C)ncn1. The van der Waals surface area contributed by atoms with Gasteiger partial charge in [0.05, 0.1) is 5.38 Å². The largest absolute Gasteiger partial charge is 0.352 e. The van der Waals surface area contributed by atoms with Crippen LogP contribution in [0.3, 0.4) is 0 Å². The lowest BCUT2D eigenvalue weighted by atomic mass is 10.2. The van der Waals surface area contributed by atoms with Crippen LogP contribution in [0.1, 0.15) is 19.0 Å². The van der Waals surface area contributed by atoms with Gasteiger partial charge in [0.15, 0.2) is 0 Å². The van der Waals surface area contributed by atoms with Gasteiger partial charge in [0.25, 0.3) is 0 Å². The Morgan fingerprint density at radius 3 is 2.86 bits per heavy atom. The average molecular weight is 212 g/mol. The van der Waals surface area contributed by atoms with Crippen molar-refractivity contribution in [2.75, 3.05) is 11.4 Å². The third-order valence-corrected chi connectivity index (χ3v) is 2.92. The lowest BCUT2D eigenvalue weighted by Crippen LogP contribution is -2.27. The summed E-state index contributed by atoms with van der Waals surface area (Å²) in [6.45, 7) is 5.04. The number of halogens is 1. The molecule has 0 spiro atoms. The van der Waals surface area contributed by atoms with Crippen LogP contribution in [0.5, 0.6) is 0 Å². The average Bonchev–Trinajstić information content (AvgIpc) is 2.45. The van der Waals surface area contributed by atoms with Crippen molar-refractivity contribution in [2.45, 2.75) is 31.7 Å². The van der Waals surface area contributed by atoms with Crippen LogP contribution < -0.4 is 4.90 Å². The van der Waals surface area contributed by atoms with Gasteiger partial charge >= 0.3 is 0 Å². The van der Waals surface area contributed by atoms with Gasteiger partial charge in [-0.15, -0.1) is 11.6 Å². The summed E-state index contributed by atoms with van der Waals surface area (Å²) < 4.78 is 0. The van der Waals surface area contributed by atoms with Crippen molar-refractivity contribution in [3.63, 3.8) is 0 Å². The molecule has 0 amide bonds. The minimum Gasteiger partial charge on any atom is -0.352 e. The number of anilines is 1. The molecule has 1 aromatic rings. The first-order valence-corrected chi connectivity index (χ1v) is 5.30. The fraction of sp³-hybridized carbons (Fsp3) is 0.600. The maximum atomic E-state index is 6.11. The topological polar surface area (TPSA) is 29.0 Å². The highest BCUT2D eigenvalue weighted by Gasteiger charge is 2.28. The molecule has 2 rings (SSSR count). The monoisotopic (exact) mass is 211 g/mol. The van der Waals surface area contributed by atoms with Crippen molar-refractivity contribution in [1.29, 1.82) is 0 Å². The van der Waals surface area contributed by atoms with E-state index >= 15 is 0 Å². The van der Waals surface area contributed by atoms with E-state index in [0.29, 0.717) is 6.04 Å². The molecule has 14 heavy (non-hydrogen) atoms. The lowest BCUT2D eigenvalue weighted by Gasteiger charge is -2.22. The third-order valence-electron chi connectivity index (χ3n) is 2.61. The van der Waals surface area contributed by atoms with E-state index < -0.39 is 0 Å². The molecule has 2 unspecified atom stereocenters. The van der Waals surface area contributed by atoms with Crippen LogP contribution in [0.25, 0.3) is 0 Å². The number of hydrogen-bond acceptors (Lipinski definition) is 3. The highest BCUT2D eigenvalue weighted by molar-refractivity contribution is 6.21. The molecule has 3 nitrogen and oxygen atoms in total. The predicted octanol–water partition coefficient (Wildman–Crippen LogP) is 1.99. The zero-order valence-corrected chi connectivity index (χ0v) is 9.20. The molecule has 1 fully saturated rings. The van der Waals surface area contributed by atoms with Gasteiger partial charge in [0.2, 0.25) is 0 Å². The van der Waals surface area contributed by atoms with E-state index in [1.165, 1.54) is 0 Å². The maximum Gasteiger partial charge on any atom is 0.132 e. The predicted molar refractivity (Wildman–Crippen MR) is 57.8 cm³/mol. The number of nitrogens with zero attached hydrogens (tertiary/aromatic N) is 3. The summed E-state index contributed by atoms with van der Waals surface area (Å²) in [6.07, 6.45) is 2.64. The Kier molecular flexibility index (Phi) is 2.59. The summed E-state index contributed by atoms with van der Waals surface area (Å²) >= 11 is 6.11. The summed E-state index contributed by atoms with van der Waals surface area (Å²) in [6, 6.07) is 2.48. The lowest BCUT2D eigenvalue weighted by molar-refractivity contribution is 0.726. The zero-order valence-electron chi connectivity index (χ0n) is 8.44. The molecule has 2 atom stereocenters. The second kappa shape index (κ2) is 3.73. The molecular weight excluding hydrogens is 198 g/mol. The number of hydrogen-bond donors (Lipinski definition) is 0. The molecular formula is C10H14ClN3. The van der Waals surface area contributed by atoms with Gasteiger partial charge in [-0.2, -0.15) is 0 Å². The van der Waals surface area contributed by atoms with E-state index in [4.69, 9.17) is 11.6 Å². The Balaban J connectivity index is 2.23. The van der Waals surface area contributed by atoms with Crippen molar-refractivity contribution in [3.8, 4) is 0 Å².